The van der Waals surface area contributed by atoms with Crippen molar-refractivity contribution in [2.45, 2.75) is 71.3 Å². The molecule has 1 saturated heterocycles. The molecule has 41 heavy (non-hydrogen) atoms. The summed E-state index contributed by atoms with van der Waals surface area (Å²) in [6, 6.07) is 17.8. The van der Waals surface area contributed by atoms with E-state index in [0.29, 0.717) is 19.4 Å². The first-order chi connectivity index (χ1) is 19.4. The molecule has 11 heteroatoms. The van der Waals surface area contributed by atoms with Crippen molar-refractivity contribution < 1.29 is 42.6 Å². The number of likely N-dealkylation sites (tertiary alicyclic amines) is 1. The molecule has 1 aliphatic rings. The fourth-order valence-corrected chi connectivity index (χ4v) is 5.74. The first-order valence-corrected chi connectivity index (χ1v) is 15.5. The number of amides is 1. The van der Waals surface area contributed by atoms with Crippen molar-refractivity contribution >= 4 is 25.6 Å². The van der Waals surface area contributed by atoms with Crippen molar-refractivity contribution in [1.29, 1.82) is 0 Å². The topological polar surface area (TPSA) is 129 Å². The minimum absolute atomic E-state index is 0.0157. The van der Waals surface area contributed by atoms with Crippen molar-refractivity contribution in [3.05, 3.63) is 71.8 Å². The van der Waals surface area contributed by atoms with E-state index in [0.717, 1.165) is 11.1 Å². The number of hydrogen-bond donors (Lipinski definition) is 1. The van der Waals surface area contributed by atoms with Crippen molar-refractivity contribution in [3.8, 4) is 0 Å². The van der Waals surface area contributed by atoms with Crippen LogP contribution >= 0.6 is 7.60 Å². The number of benzene rings is 2. The van der Waals surface area contributed by atoms with Gasteiger partial charge in [-0.1, -0.05) is 60.7 Å². The molecule has 0 aromatic heterocycles. The lowest BCUT2D eigenvalue weighted by molar-refractivity contribution is -0.150. The Bertz CT molecular complexity index is 1180. The lowest BCUT2D eigenvalue weighted by Gasteiger charge is -2.29. The van der Waals surface area contributed by atoms with Crippen LogP contribution < -0.4 is 0 Å². The van der Waals surface area contributed by atoms with Crippen LogP contribution in [0.25, 0.3) is 0 Å². The van der Waals surface area contributed by atoms with Gasteiger partial charge in [0.15, 0.2) is 0 Å². The van der Waals surface area contributed by atoms with E-state index in [-0.39, 0.29) is 32.7 Å². The molecular formula is C30H40NO9P. The van der Waals surface area contributed by atoms with E-state index in [1.807, 2.05) is 48.5 Å². The third kappa shape index (κ3) is 11.7. The predicted octanol–water partition coefficient (Wildman–Crippen LogP) is 5.47. The first kappa shape index (κ1) is 32.3. The van der Waals surface area contributed by atoms with Crippen LogP contribution in [0.4, 0.5) is 4.79 Å². The summed E-state index contributed by atoms with van der Waals surface area (Å²) < 4.78 is 34.7. The van der Waals surface area contributed by atoms with Crippen molar-refractivity contribution in [2.75, 3.05) is 19.3 Å². The molecule has 224 valence electrons. The van der Waals surface area contributed by atoms with E-state index in [2.05, 4.69) is 0 Å². The van der Waals surface area contributed by atoms with Crippen LogP contribution in [-0.4, -0.2) is 58.8 Å². The smallest absolute Gasteiger partial charge is 0.410 e. The van der Waals surface area contributed by atoms with E-state index in [1.54, 1.807) is 32.9 Å². The Morgan fingerprint density at radius 1 is 0.976 bits per heavy atom. The Kier molecular flexibility index (Phi) is 11.9. The summed E-state index contributed by atoms with van der Waals surface area (Å²) >= 11 is 0. The van der Waals surface area contributed by atoms with E-state index >= 15 is 0 Å². The van der Waals surface area contributed by atoms with Gasteiger partial charge < -0.3 is 28.5 Å². The molecule has 0 spiro atoms. The van der Waals surface area contributed by atoms with Gasteiger partial charge in [-0.25, -0.2) is 4.79 Å². The molecule has 3 atom stereocenters. The van der Waals surface area contributed by atoms with Gasteiger partial charge in [-0.05, 0) is 51.2 Å². The Balaban J connectivity index is 1.59. The molecule has 1 amide bonds. The standard InChI is InChI=1S/C30H40NO9P/c1-30(2,3)40-29(34)31-18-10-15-26(31)21-39-41(35,36)22-25(28(33)38-20-24-13-8-5-9-14-24)16-17-27(32)37-19-23-11-6-4-7-12-23/h4-9,11-14,25-26H,10,15-22H2,1-3H3,(H,35,36)/t25?,26-/m0/s1. The third-order valence-corrected chi connectivity index (χ3v) is 7.88. The second kappa shape index (κ2) is 15.1. The highest BCUT2D eigenvalue weighted by molar-refractivity contribution is 7.52. The van der Waals surface area contributed by atoms with Crippen molar-refractivity contribution in [3.63, 3.8) is 0 Å². The van der Waals surface area contributed by atoms with E-state index in [9.17, 15) is 23.8 Å². The Labute approximate surface area is 241 Å². The average Bonchev–Trinajstić information content (AvgIpc) is 3.41. The predicted molar refractivity (Wildman–Crippen MR) is 152 cm³/mol. The molecule has 0 radical (unpaired) electrons. The zero-order valence-electron chi connectivity index (χ0n) is 23.9. The van der Waals surface area contributed by atoms with Gasteiger partial charge in [0.05, 0.1) is 24.7 Å². The number of rotatable bonds is 13. The number of esters is 2. The molecule has 0 saturated carbocycles. The Morgan fingerprint density at radius 2 is 1.56 bits per heavy atom. The SMILES string of the molecule is CC(C)(C)OC(=O)N1CCC[C@H]1COP(=O)(O)CC(CCC(=O)OCc1ccccc1)C(=O)OCc1ccccc1. The molecule has 1 N–H and O–H groups in total. The second-order valence-corrected chi connectivity index (χ2v) is 13.0. The lowest BCUT2D eigenvalue weighted by atomic mass is 10.1. The zero-order chi connectivity index (χ0) is 29.9. The summed E-state index contributed by atoms with van der Waals surface area (Å²) in [5.41, 5.74) is 0.904. The van der Waals surface area contributed by atoms with Crippen molar-refractivity contribution in [2.24, 2.45) is 5.92 Å². The van der Waals surface area contributed by atoms with Gasteiger partial charge in [0.25, 0.3) is 0 Å². The molecule has 2 unspecified atom stereocenters. The molecule has 2 aromatic carbocycles. The van der Waals surface area contributed by atoms with Gasteiger partial charge in [-0.15, -0.1) is 0 Å². The van der Waals surface area contributed by atoms with Gasteiger partial charge in [0, 0.05) is 13.0 Å². The fourth-order valence-electron chi connectivity index (χ4n) is 4.34. The van der Waals surface area contributed by atoms with E-state index in [4.69, 9.17) is 18.7 Å². The van der Waals surface area contributed by atoms with Crippen LogP contribution in [0.3, 0.4) is 0 Å². The number of carbonyl (C=O) groups excluding carboxylic acids is 3. The zero-order valence-corrected chi connectivity index (χ0v) is 24.8. The molecule has 0 aliphatic carbocycles. The number of hydrogen-bond acceptors (Lipinski definition) is 8. The molecule has 1 aliphatic heterocycles. The molecule has 2 aromatic rings. The maximum atomic E-state index is 13.1. The molecule has 0 bridgehead atoms. The Hall–Kier alpha value is -3.20. The van der Waals surface area contributed by atoms with Gasteiger partial charge >= 0.3 is 25.6 Å². The minimum Gasteiger partial charge on any atom is -0.461 e. The van der Waals surface area contributed by atoms with Crippen LogP contribution in [0.15, 0.2) is 60.7 Å². The minimum atomic E-state index is -4.30. The number of ether oxygens (including phenoxy) is 3. The van der Waals surface area contributed by atoms with E-state index < -0.39 is 49.4 Å². The van der Waals surface area contributed by atoms with Gasteiger partial charge in [0.2, 0.25) is 0 Å². The van der Waals surface area contributed by atoms with Crippen LogP contribution in [0, 0.1) is 5.92 Å². The summed E-state index contributed by atoms with van der Waals surface area (Å²) in [7, 11) is -4.30. The summed E-state index contributed by atoms with van der Waals surface area (Å²) in [6.45, 7) is 5.64. The average molecular weight is 590 g/mol. The maximum Gasteiger partial charge on any atom is 0.410 e. The lowest BCUT2D eigenvalue weighted by Crippen LogP contribution is -2.41. The first-order valence-electron chi connectivity index (χ1n) is 13.8. The summed E-state index contributed by atoms with van der Waals surface area (Å²) in [4.78, 5) is 50.1. The normalized spacial score (nSPS) is 17.4. The highest BCUT2D eigenvalue weighted by atomic mass is 31.2. The summed E-state index contributed by atoms with van der Waals surface area (Å²) in [5.74, 6) is -2.33. The molecular weight excluding hydrogens is 549 g/mol. The molecule has 3 rings (SSSR count). The third-order valence-electron chi connectivity index (χ3n) is 6.42. The van der Waals surface area contributed by atoms with Crippen LogP contribution in [-0.2, 0) is 46.1 Å². The quantitative estimate of drug-likeness (QED) is 0.184. The number of nitrogens with zero attached hydrogens (tertiary/aromatic N) is 1. The van der Waals surface area contributed by atoms with Crippen LogP contribution in [0.5, 0.6) is 0 Å². The van der Waals surface area contributed by atoms with Gasteiger partial charge in [0.1, 0.15) is 18.8 Å². The summed E-state index contributed by atoms with van der Waals surface area (Å²) in [5, 5.41) is 0. The molecule has 1 fully saturated rings. The fraction of sp³-hybridized carbons (Fsp3) is 0.500. The number of carbonyl (C=O) groups is 3. The maximum absolute atomic E-state index is 13.1. The van der Waals surface area contributed by atoms with E-state index in [1.165, 1.54) is 4.90 Å². The second-order valence-electron chi connectivity index (χ2n) is 11.1. The Morgan fingerprint density at radius 3 is 2.15 bits per heavy atom. The highest BCUT2D eigenvalue weighted by Gasteiger charge is 2.36. The molecule has 1 heterocycles. The monoisotopic (exact) mass is 589 g/mol. The molecule has 10 nitrogen and oxygen atoms in total. The van der Waals surface area contributed by atoms with Gasteiger partial charge in [-0.3, -0.25) is 14.2 Å². The van der Waals surface area contributed by atoms with Crippen molar-refractivity contribution in [1.82, 2.24) is 4.90 Å². The largest absolute Gasteiger partial charge is 0.461 e. The summed E-state index contributed by atoms with van der Waals surface area (Å²) in [6.07, 6.45) is 0.0617. The van der Waals surface area contributed by atoms with Crippen LogP contribution in [0.2, 0.25) is 0 Å². The van der Waals surface area contributed by atoms with Crippen LogP contribution in [0.1, 0.15) is 57.6 Å². The van der Waals surface area contributed by atoms with Gasteiger partial charge in [-0.2, -0.15) is 0 Å². The highest BCUT2D eigenvalue weighted by Crippen LogP contribution is 2.45.